The average Bonchev–Trinajstić information content (AvgIpc) is 2.73. The van der Waals surface area contributed by atoms with Crippen LogP contribution >= 0.6 is 0 Å². The number of benzene rings is 2. The van der Waals surface area contributed by atoms with Gasteiger partial charge in [-0.3, -0.25) is 0 Å². The molecule has 6 rings (SSSR count). The van der Waals surface area contributed by atoms with Crippen LogP contribution in [0.15, 0.2) is 48.5 Å². The number of ether oxygens (including phenoxy) is 2. The van der Waals surface area contributed by atoms with E-state index in [4.69, 9.17) is 9.47 Å². The highest BCUT2D eigenvalue weighted by Crippen LogP contribution is 2.75. The van der Waals surface area contributed by atoms with Gasteiger partial charge in [-0.2, -0.15) is 0 Å². The average molecular weight is 391 g/mol. The molecule has 0 amide bonds. The zero-order valence-corrected chi connectivity index (χ0v) is 17.8. The molecular formula is C27H34O2. The fourth-order valence-electron chi connectivity index (χ4n) is 6.02. The summed E-state index contributed by atoms with van der Waals surface area (Å²) in [6, 6.07) is 18.4. The molecule has 154 valence electrons. The molecule has 2 bridgehead atoms. The van der Waals surface area contributed by atoms with Crippen molar-refractivity contribution in [2.24, 2.45) is 5.41 Å². The Morgan fingerprint density at radius 3 is 2.24 bits per heavy atom. The quantitative estimate of drug-likeness (QED) is 0.469. The molecule has 0 N–H and O–H groups in total. The lowest BCUT2D eigenvalue weighted by Gasteiger charge is -2.72. The van der Waals surface area contributed by atoms with Gasteiger partial charge in [0.2, 0.25) is 0 Å². The Morgan fingerprint density at radius 1 is 0.931 bits per heavy atom. The smallest absolute Gasteiger partial charge is 0.157 e. The van der Waals surface area contributed by atoms with Gasteiger partial charge in [0.1, 0.15) is 0 Å². The van der Waals surface area contributed by atoms with Gasteiger partial charge in [0.25, 0.3) is 0 Å². The topological polar surface area (TPSA) is 18.5 Å². The van der Waals surface area contributed by atoms with E-state index in [2.05, 4.69) is 55.5 Å². The van der Waals surface area contributed by atoms with Crippen molar-refractivity contribution >= 4 is 0 Å². The van der Waals surface area contributed by atoms with Crippen LogP contribution in [-0.4, -0.2) is 19.5 Å². The maximum absolute atomic E-state index is 5.92. The molecule has 1 atom stereocenters. The Kier molecular flexibility index (Phi) is 5.26. The summed E-state index contributed by atoms with van der Waals surface area (Å²) in [5, 5.41) is 0. The maximum Gasteiger partial charge on any atom is 0.157 e. The van der Waals surface area contributed by atoms with Crippen LogP contribution in [0.5, 0.6) is 0 Å². The summed E-state index contributed by atoms with van der Waals surface area (Å²) in [4.78, 5) is 0. The van der Waals surface area contributed by atoms with E-state index in [0.717, 1.165) is 26.1 Å². The maximum atomic E-state index is 5.92. The van der Waals surface area contributed by atoms with Crippen LogP contribution in [0, 0.1) is 5.41 Å². The molecule has 1 unspecified atom stereocenters. The second-order valence-corrected chi connectivity index (χ2v) is 9.71. The van der Waals surface area contributed by atoms with Gasteiger partial charge < -0.3 is 9.47 Å². The van der Waals surface area contributed by atoms with Crippen LogP contribution in [-0.2, 0) is 21.3 Å². The molecule has 0 radical (unpaired) electrons. The van der Waals surface area contributed by atoms with Crippen molar-refractivity contribution in [3.8, 4) is 11.1 Å². The zero-order valence-electron chi connectivity index (χ0n) is 17.8. The predicted molar refractivity (Wildman–Crippen MR) is 118 cm³/mol. The molecule has 0 spiro atoms. The summed E-state index contributed by atoms with van der Waals surface area (Å²) in [6.45, 7) is 3.95. The summed E-state index contributed by atoms with van der Waals surface area (Å²) < 4.78 is 11.6. The first-order valence-corrected chi connectivity index (χ1v) is 11.6. The third-order valence-corrected chi connectivity index (χ3v) is 7.63. The number of hydrogen-bond acceptors (Lipinski definition) is 2. The highest BCUT2D eigenvalue weighted by atomic mass is 16.7. The molecule has 3 saturated carbocycles. The molecule has 2 aromatic carbocycles. The summed E-state index contributed by atoms with van der Waals surface area (Å²) in [6.07, 6.45) is 11.3. The first-order chi connectivity index (χ1) is 14.2. The van der Waals surface area contributed by atoms with Crippen LogP contribution in [0.3, 0.4) is 0 Å². The minimum Gasteiger partial charge on any atom is -0.353 e. The molecular weight excluding hydrogens is 356 g/mol. The molecule has 0 aromatic heterocycles. The van der Waals surface area contributed by atoms with E-state index in [0.29, 0.717) is 10.8 Å². The second-order valence-electron chi connectivity index (χ2n) is 9.71. The minimum atomic E-state index is 0.0693. The summed E-state index contributed by atoms with van der Waals surface area (Å²) in [5.74, 6) is 0. The highest BCUT2D eigenvalue weighted by molar-refractivity contribution is 5.64. The zero-order chi connectivity index (χ0) is 19.7. The third-order valence-electron chi connectivity index (χ3n) is 7.63. The fourth-order valence-corrected chi connectivity index (χ4v) is 6.02. The van der Waals surface area contributed by atoms with Gasteiger partial charge in [-0.05, 0) is 90.9 Å². The van der Waals surface area contributed by atoms with Gasteiger partial charge in [-0.25, -0.2) is 0 Å². The van der Waals surface area contributed by atoms with Crippen LogP contribution in [0.2, 0.25) is 0 Å². The monoisotopic (exact) mass is 390 g/mol. The van der Waals surface area contributed by atoms with Crippen LogP contribution in [0.4, 0.5) is 0 Å². The molecule has 4 fully saturated rings. The highest BCUT2D eigenvalue weighted by Gasteiger charge is 2.67. The minimum absolute atomic E-state index is 0.0693. The van der Waals surface area contributed by atoms with Crippen molar-refractivity contribution in [3.63, 3.8) is 0 Å². The van der Waals surface area contributed by atoms with Gasteiger partial charge in [0.05, 0.1) is 0 Å². The van der Waals surface area contributed by atoms with Crippen LogP contribution in [0.1, 0.15) is 69.4 Å². The molecule has 1 aliphatic heterocycles. The van der Waals surface area contributed by atoms with Crippen molar-refractivity contribution in [1.82, 2.24) is 0 Å². The first kappa shape index (κ1) is 19.3. The molecule has 3 aliphatic carbocycles. The van der Waals surface area contributed by atoms with Crippen molar-refractivity contribution < 1.29 is 9.47 Å². The molecule has 2 nitrogen and oxygen atoms in total. The normalized spacial score (nSPS) is 30.4. The largest absolute Gasteiger partial charge is 0.353 e. The Labute approximate surface area is 175 Å². The summed E-state index contributed by atoms with van der Waals surface area (Å²) in [5.41, 5.74) is 6.72. The Hall–Kier alpha value is -1.64. The van der Waals surface area contributed by atoms with E-state index >= 15 is 0 Å². The molecule has 2 aromatic rings. The van der Waals surface area contributed by atoms with Crippen LogP contribution < -0.4 is 0 Å². The second kappa shape index (κ2) is 7.89. The van der Waals surface area contributed by atoms with Crippen LogP contribution in [0.25, 0.3) is 11.1 Å². The van der Waals surface area contributed by atoms with Crippen molar-refractivity contribution in [1.29, 1.82) is 0 Å². The summed E-state index contributed by atoms with van der Waals surface area (Å²) >= 11 is 0. The Bertz CT molecular complexity index is 795. The van der Waals surface area contributed by atoms with Crippen molar-refractivity contribution in [2.45, 2.75) is 76.4 Å². The first-order valence-electron chi connectivity index (χ1n) is 11.6. The lowest BCUT2D eigenvalue weighted by molar-refractivity contribution is -0.174. The Balaban J connectivity index is 1.10. The fraction of sp³-hybridized carbons (Fsp3) is 0.556. The standard InChI is InChI=1S/C27H34O2/c1-2-21-7-9-22(10-8-21)23-11-13-24(14-12-23)27-18-26(19-27,20-27)15-5-17-29-25-6-3-4-16-28-25/h7-14,25H,2-6,15-20H2,1H3. The van der Waals surface area contributed by atoms with Gasteiger partial charge in [-0.1, -0.05) is 55.5 Å². The number of hydrogen-bond donors (Lipinski definition) is 0. The summed E-state index contributed by atoms with van der Waals surface area (Å²) in [7, 11) is 0. The SMILES string of the molecule is CCc1ccc(-c2ccc(C34CC(CCCOC5CCCCO5)(C3)C4)cc2)cc1. The lowest BCUT2D eigenvalue weighted by Crippen LogP contribution is -2.64. The lowest BCUT2D eigenvalue weighted by atomic mass is 9.32. The van der Waals surface area contributed by atoms with E-state index in [9.17, 15) is 0 Å². The molecule has 1 heterocycles. The van der Waals surface area contributed by atoms with Gasteiger partial charge in [0.15, 0.2) is 6.29 Å². The van der Waals surface area contributed by atoms with E-state index in [1.807, 2.05) is 0 Å². The number of rotatable bonds is 8. The van der Waals surface area contributed by atoms with E-state index in [1.165, 1.54) is 61.6 Å². The number of aryl methyl sites for hydroxylation is 1. The molecule has 2 heteroatoms. The molecule has 29 heavy (non-hydrogen) atoms. The van der Waals surface area contributed by atoms with E-state index < -0.39 is 0 Å². The van der Waals surface area contributed by atoms with Gasteiger partial charge >= 0.3 is 0 Å². The Morgan fingerprint density at radius 2 is 1.62 bits per heavy atom. The van der Waals surface area contributed by atoms with Crippen molar-refractivity contribution in [2.75, 3.05) is 13.2 Å². The van der Waals surface area contributed by atoms with Gasteiger partial charge in [0, 0.05) is 13.2 Å². The van der Waals surface area contributed by atoms with E-state index in [-0.39, 0.29) is 6.29 Å². The molecule has 4 aliphatic rings. The van der Waals surface area contributed by atoms with Crippen molar-refractivity contribution in [3.05, 3.63) is 59.7 Å². The van der Waals surface area contributed by atoms with E-state index in [1.54, 1.807) is 5.56 Å². The van der Waals surface area contributed by atoms with Gasteiger partial charge in [-0.15, -0.1) is 0 Å². The molecule has 1 saturated heterocycles. The predicted octanol–water partition coefficient (Wildman–Crippen LogP) is 6.66. The third kappa shape index (κ3) is 3.78.